The van der Waals surface area contributed by atoms with Gasteiger partial charge in [-0.1, -0.05) is 31.3 Å². The number of amides is 1. The number of carbonyl (C=O) groups is 1. The third-order valence-corrected chi connectivity index (χ3v) is 6.81. The van der Waals surface area contributed by atoms with Gasteiger partial charge in [-0.05, 0) is 53.3 Å². The van der Waals surface area contributed by atoms with Crippen LogP contribution in [0.1, 0.15) is 23.5 Å². The van der Waals surface area contributed by atoms with E-state index in [1.54, 1.807) is 17.0 Å². The summed E-state index contributed by atoms with van der Waals surface area (Å²) >= 11 is 6.14. The molecule has 0 radical (unpaired) electrons. The minimum Gasteiger partial charge on any atom is -0.302 e. The molecule has 0 aliphatic heterocycles. The van der Waals surface area contributed by atoms with Gasteiger partial charge in [-0.3, -0.25) is 9.69 Å². The second-order valence-corrected chi connectivity index (χ2v) is 9.14. The number of aromatic nitrogens is 1. The first-order valence-electron chi connectivity index (χ1n) is 8.38. The molecule has 0 atom stereocenters. The molecule has 3 rings (SSSR count). The van der Waals surface area contributed by atoms with Crippen LogP contribution in [0.3, 0.4) is 0 Å². The van der Waals surface area contributed by atoms with Crippen LogP contribution in [0, 0.1) is 5.82 Å². The quantitative estimate of drug-likeness (QED) is 0.426. The van der Waals surface area contributed by atoms with E-state index < -0.39 is 0 Å². The molecule has 1 amide bonds. The second-order valence-electron chi connectivity index (χ2n) is 5.67. The van der Waals surface area contributed by atoms with Crippen LogP contribution in [0.25, 0.3) is 10.2 Å². The number of anilines is 1. The molecular formula is C18H20BrClFN3OS2. The van der Waals surface area contributed by atoms with E-state index in [2.05, 4.69) is 39.7 Å². The fraction of sp³-hybridized carbons (Fsp3) is 0.333. The number of hydrogen-bond acceptors (Lipinski definition) is 5. The molecule has 4 nitrogen and oxygen atoms in total. The first-order valence-corrected chi connectivity index (χ1v) is 10.8. The van der Waals surface area contributed by atoms with Crippen LogP contribution < -0.4 is 4.90 Å². The van der Waals surface area contributed by atoms with Crippen molar-refractivity contribution in [3.05, 3.63) is 44.8 Å². The molecule has 2 aromatic heterocycles. The SMILES string of the molecule is CCN(CC)CCN(C(=O)c1ccc(Br)s1)c1nc2c(F)cccc2s1.Cl. The Morgan fingerprint density at radius 2 is 1.89 bits per heavy atom. The first-order chi connectivity index (χ1) is 12.5. The highest BCUT2D eigenvalue weighted by Crippen LogP contribution is 2.32. The molecule has 0 saturated heterocycles. The van der Waals surface area contributed by atoms with Crippen molar-refractivity contribution in [1.29, 1.82) is 0 Å². The fourth-order valence-corrected chi connectivity index (χ4v) is 4.99. The third-order valence-electron chi connectivity index (χ3n) is 4.15. The largest absolute Gasteiger partial charge is 0.302 e. The lowest BCUT2D eigenvalue weighted by atomic mass is 10.3. The zero-order valence-electron chi connectivity index (χ0n) is 14.9. The smallest absolute Gasteiger partial charge is 0.270 e. The Kier molecular flexibility index (Phi) is 8.18. The summed E-state index contributed by atoms with van der Waals surface area (Å²) in [6, 6.07) is 8.55. The summed E-state index contributed by atoms with van der Waals surface area (Å²) in [5, 5.41) is 0.534. The minimum absolute atomic E-state index is 0. The maximum atomic E-state index is 14.0. The van der Waals surface area contributed by atoms with Crippen LogP contribution in [-0.4, -0.2) is 42.0 Å². The van der Waals surface area contributed by atoms with Gasteiger partial charge in [0.1, 0.15) is 11.3 Å². The van der Waals surface area contributed by atoms with Gasteiger partial charge in [0.05, 0.1) is 13.4 Å². The van der Waals surface area contributed by atoms with Crippen molar-refractivity contribution < 1.29 is 9.18 Å². The maximum absolute atomic E-state index is 14.0. The molecule has 0 spiro atoms. The number of thiophene rings is 1. The number of thiazole rings is 1. The van der Waals surface area contributed by atoms with Crippen molar-refractivity contribution in [1.82, 2.24) is 9.88 Å². The maximum Gasteiger partial charge on any atom is 0.270 e. The second kappa shape index (κ2) is 9.93. The van der Waals surface area contributed by atoms with E-state index in [9.17, 15) is 9.18 Å². The first kappa shape index (κ1) is 22.2. The Morgan fingerprint density at radius 3 is 2.48 bits per heavy atom. The molecule has 0 aliphatic rings. The summed E-state index contributed by atoms with van der Waals surface area (Å²) in [6.07, 6.45) is 0. The highest BCUT2D eigenvalue weighted by molar-refractivity contribution is 9.11. The molecular weight excluding hydrogens is 473 g/mol. The van der Waals surface area contributed by atoms with E-state index >= 15 is 0 Å². The van der Waals surface area contributed by atoms with E-state index in [0.29, 0.717) is 22.1 Å². The van der Waals surface area contributed by atoms with Crippen LogP contribution in [-0.2, 0) is 0 Å². The Hall–Kier alpha value is -1.06. The fourth-order valence-electron chi connectivity index (χ4n) is 2.65. The lowest BCUT2D eigenvalue weighted by Crippen LogP contribution is -2.38. The minimum atomic E-state index is -0.361. The molecule has 0 bridgehead atoms. The van der Waals surface area contributed by atoms with Gasteiger partial charge in [0, 0.05) is 13.1 Å². The molecule has 0 aliphatic carbocycles. The van der Waals surface area contributed by atoms with Crippen molar-refractivity contribution in [3.8, 4) is 0 Å². The summed E-state index contributed by atoms with van der Waals surface area (Å²) in [4.78, 5) is 22.0. The number of hydrogen-bond donors (Lipinski definition) is 0. The Morgan fingerprint density at radius 1 is 1.15 bits per heavy atom. The van der Waals surface area contributed by atoms with Gasteiger partial charge in [0.25, 0.3) is 5.91 Å². The van der Waals surface area contributed by atoms with E-state index in [0.717, 1.165) is 28.1 Å². The topological polar surface area (TPSA) is 36.4 Å². The summed E-state index contributed by atoms with van der Waals surface area (Å²) in [5.41, 5.74) is 0.320. The van der Waals surface area contributed by atoms with Crippen molar-refractivity contribution >= 4 is 72.3 Å². The van der Waals surface area contributed by atoms with Crippen molar-refractivity contribution in [2.45, 2.75) is 13.8 Å². The van der Waals surface area contributed by atoms with Crippen LogP contribution in [0.4, 0.5) is 9.52 Å². The Bertz CT molecular complexity index is 913. The molecule has 0 N–H and O–H groups in total. The number of halogens is 3. The number of fused-ring (bicyclic) bond motifs is 1. The lowest BCUT2D eigenvalue weighted by Gasteiger charge is -2.24. The summed E-state index contributed by atoms with van der Waals surface area (Å²) in [6.45, 7) is 7.27. The number of para-hydroxylation sites is 1. The lowest BCUT2D eigenvalue weighted by molar-refractivity contribution is 0.0987. The van der Waals surface area contributed by atoms with Gasteiger partial charge in [-0.25, -0.2) is 9.37 Å². The summed E-state index contributed by atoms with van der Waals surface area (Å²) < 4.78 is 15.7. The average Bonchev–Trinajstić information content (AvgIpc) is 3.25. The molecule has 3 aromatic rings. The van der Waals surface area contributed by atoms with Crippen LogP contribution in [0.15, 0.2) is 34.1 Å². The number of benzene rings is 1. The monoisotopic (exact) mass is 491 g/mol. The third kappa shape index (κ3) is 5.06. The summed E-state index contributed by atoms with van der Waals surface area (Å²) in [5.74, 6) is -0.465. The molecule has 9 heteroatoms. The molecule has 27 heavy (non-hydrogen) atoms. The molecule has 0 fully saturated rings. The van der Waals surface area contributed by atoms with E-state index in [1.807, 2.05) is 12.1 Å². The zero-order chi connectivity index (χ0) is 18.7. The van der Waals surface area contributed by atoms with Gasteiger partial charge < -0.3 is 4.90 Å². The van der Waals surface area contributed by atoms with Crippen molar-refractivity contribution in [2.24, 2.45) is 0 Å². The molecule has 0 saturated carbocycles. The number of nitrogens with zero attached hydrogens (tertiary/aromatic N) is 3. The summed E-state index contributed by atoms with van der Waals surface area (Å²) in [7, 11) is 0. The number of likely N-dealkylation sites (N-methyl/N-ethyl adjacent to an activating group) is 1. The predicted octanol–water partition coefficient (Wildman–Crippen LogP) is 5.67. The standard InChI is InChI=1S/C18H19BrFN3OS2.ClH/c1-3-22(4-2)10-11-23(17(24)14-8-9-15(19)25-14)18-21-16-12(20)6-5-7-13(16)26-18;/h5-9H,3-4,10-11H2,1-2H3;1H. The normalized spacial score (nSPS) is 11.0. The van der Waals surface area contributed by atoms with E-state index in [-0.39, 0.29) is 24.1 Å². The van der Waals surface area contributed by atoms with Crippen molar-refractivity contribution in [2.75, 3.05) is 31.1 Å². The molecule has 0 unspecified atom stereocenters. The van der Waals surface area contributed by atoms with Gasteiger partial charge in [-0.2, -0.15) is 0 Å². The number of carbonyl (C=O) groups excluding carboxylic acids is 1. The van der Waals surface area contributed by atoms with Gasteiger partial charge in [0.15, 0.2) is 5.13 Å². The molecule has 2 heterocycles. The zero-order valence-corrected chi connectivity index (χ0v) is 19.0. The van der Waals surface area contributed by atoms with Crippen LogP contribution >= 0.6 is 51.0 Å². The highest BCUT2D eigenvalue weighted by Gasteiger charge is 2.23. The molecule has 1 aromatic carbocycles. The van der Waals surface area contributed by atoms with Crippen molar-refractivity contribution in [3.63, 3.8) is 0 Å². The predicted molar refractivity (Wildman–Crippen MR) is 118 cm³/mol. The van der Waals surface area contributed by atoms with E-state index in [1.165, 1.54) is 28.7 Å². The van der Waals surface area contributed by atoms with Crippen LogP contribution in [0.2, 0.25) is 0 Å². The van der Waals surface area contributed by atoms with Gasteiger partial charge >= 0.3 is 0 Å². The van der Waals surface area contributed by atoms with E-state index in [4.69, 9.17) is 0 Å². The van der Waals surface area contributed by atoms with Crippen LogP contribution in [0.5, 0.6) is 0 Å². The Labute approximate surface area is 180 Å². The average molecular weight is 493 g/mol. The van der Waals surface area contributed by atoms with Gasteiger partial charge in [-0.15, -0.1) is 23.7 Å². The molecule has 146 valence electrons. The van der Waals surface area contributed by atoms with Gasteiger partial charge in [0.2, 0.25) is 0 Å². The highest BCUT2D eigenvalue weighted by atomic mass is 79.9. The Balaban J connectivity index is 0.00000261. The number of rotatable bonds is 7.